The molecule has 2 aliphatic heterocycles. The van der Waals surface area contributed by atoms with Gasteiger partial charge in [-0.15, -0.1) is 11.3 Å². The third-order valence-electron chi connectivity index (χ3n) is 3.50. The van der Waals surface area contributed by atoms with Gasteiger partial charge in [0.1, 0.15) is 4.88 Å². The van der Waals surface area contributed by atoms with E-state index in [4.69, 9.17) is 0 Å². The average molecular weight is 286 g/mol. The number of halogens is 1. The number of amides is 1. The summed E-state index contributed by atoms with van der Waals surface area (Å²) >= 11 is 4.98. The molecule has 15 heavy (non-hydrogen) atoms. The minimum Gasteiger partial charge on any atom is -0.332 e. The van der Waals surface area contributed by atoms with Gasteiger partial charge < -0.3 is 4.90 Å². The largest absolute Gasteiger partial charge is 0.332 e. The van der Waals surface area contributed by atoms with Crippen LogP contribution in [0.5, 0.6) is 0 Å². The van der Waals surface area contributed by atoms with Crippen LogP contribution in [0.4, 0.5) is 0 Å². The first-order valence-electron chi connectivity index (χ1n) is 5.33. The Morgan fingerprint density at radius 1 is 1.33 bits per heavy atom. The van der Waals surface area contributed by atoms with Crippen LogP contribution in [-0.4, -0.2) is 22.9 Å². The van der Waals surface area contributed by atoms with Gasteiger partial charge >= 0.3 is 0 Å². The topological polar surface area (TPSA) is 20.3 Å². The highest BCUT2D eigenvalue weighted by Gasteiger charge is 2.42. The van der Waals surface area contributed by atoms with E-state index >= 15 is 0 Å². The Labute approximate surface area is 101 Å². The summed E-state index contributed by atoms with van der Waals surface area (Å²) in [5.41, 5.74) is 0. The van der Waals surface area contributed by atoms with Crippen LogP contribution in [0.2, 0.25) is 0 Å². The van der Waals surface area contributed by atoms with E-state index in [1.807, 2.05) is 11.4 Å². The molecule has 3 heterocycles. The Morgan fingerprint density at radius 3 is 2.40 bits per heavy atom. The summed E-state index contributed by atoms with van der Waals surface area (Å²) in [7, 11) is 0. The molecule has 1 aromatic rings. The number of hydrogen-bond acceptors (Lipinski definition) is 2. The lowest BCUT2D eigenvalue weighted by molar-refractivity contribution is 0.0734. The third-order valence-corrected chi connectivity index (χ3v) is 5.32. The van der Waals surface area contributed by atoms with Gasteiger partial charge in [0.25, 0.3) is 5.91 Å². The SMILES string of the molecule is O=C(c1sccc1Br)N1C2CCC1CC2. The molecule has 2 bridgehead atoms. The van der Waals surface area contributed by atoms with Crippen LogP contribution in [0.25, 0.3) is 0 Å². The predicted octanol–water partition coefficient (Wildman–Crippen LogP) is 3.28. The predicted molar refractivity (Wildman–Crippen MR) is 64.2 cm³/mol. The molecule has 2 aliphatic rings. The summed E-state index contributed by atoms with van der Waals surface area (Å²) in [6, 6.07) is 3.00. The zero-order chi connectivity index (χ0) is 10.4. The fourth-order valence-electron chi connectivity index (χ4n) is 2.81. The number of rotatable bonds is 1. The van der Waals surface area contributed by atoms with Gasteiger partial charge in [0.05, 0.1) is 0 Å². The molecule has 0 unspecified atom stereocenters. The van der Waals surface area contributed by atoms with E-state index in [9.17, 15) is 4.79 Å². The minimum absolute atomic E-state index is 0.238. The van der Waals surface area contributed by atoms with E-state index in [-0.39, 0.29) is 5.91 Å². The summed E-state index contributed by atoms with van der Waals surface area (Å²) in [5, 5.41) is 1.97. The standard InChI is InChI=1S/C11H12BrNOS/c12-9-5-6-15-10(9)11(14)13-7-1-2-8(13)4-3-7/h5-8H,1-4H2. The van der Waals surface area contributed by atoms with Gasteiger partial charge in [0.2, 0.25) is 0 Å². The van der Waals surface area contributed by atoms with E-state index in [1.54, 1.807) is 0 Å². The molecule has 1 aromatic heterocycles. The maximum atomic E-state index is 12.3. The number of thiophene rings is 1. The Morgan fingerprint density at radius 2 is 1.93 bits per heavy atom. The summed E-state index contributed by atoms with van der Waals surface area (Å²) in [5.74, 6) is 0.238. The van der Waals surface area contributed by atoms with Crippen LogP contribution in [0.3, 0.4) is 0 Å². The lowest BCUT2D eigenvalue weighted by Gasteiger charge is -2.21. The average Bonchev–Trinajstić information content (AvgIpc) is 2.91. The van der Waals surface area contributed by atoms with Crippen molar-refractivity contribution in [2.75, 3.05) is 0 Å². The molecule has 2 fully saturated rings. The highest BCUT2D eigenvalue weighted by atomic mass is 79.9. The second kappa shape index (κ2) is 3.59. The fraction of sp³-hybridized carbons (Fsp3) is 0.545. The van der Waals surface area contributed by atoms with Gasteiger partial charge in [0.15, 0.2) is 0 Å². The monoisotopic (exact) mass is 285 g/mol. The molecule has 80 valence electrons. The summed E-state index contributed by atoms with van der Waals surface area (Å²) < 4.78 is 0.948. The smallest absolute Gasteiger partial charge is 0.265 e. The molecule has 0 atom stereocenters. The molecular weight excluding hydrogens is 274 g/mol. The van der Waals surface area contributed by atoms with Crippen molar-refractivity contribution in [3.63, 3.8) is 0 Å². The number of carbonyl (C=O) groups excluding carboxylic acids is 1. The van der Waals surface area contributed by atoms with Crippen molar-refractivity contribution >= 4 is 33.2 Å². The van der Waals surface area contributed by atoms with Crippen LogP contribution < -0.4 is 0 Å². The quantitative estimate of drug-likeness (QED) is 0.776. The maximum Gasteiger partial charge on any atom is 0.265 e. The maximum absolute atomic E-state index is 12.3. The molecule has 0 aliphatic carbocycles. The van der Waals surface area contributed by atoms with Gasteiger partial charge in [0, 0.05) is 16.6 Å². The van der Waals surface area contributed by atoms with Crippen molar-refractivity contribution in [2.24, 2.45) is 0 Å². The number of carbonyl (C=O) groups is 1. The molecule has 0 saturated carbocycles. The Hall–Kier alpha value is -0.350. The van der Waals surface area contributed by atoms with Crippen LogP contribution in [0, 0.1) is 0 Å². The molecular formula is C11H12BrNOS. The van der Waals surface area contributed by atoms with Gasteiger partial charge in [-0.05, 0) is 53.1 Å². The van der Waals surface area contributed by atoms with Crippen LogP contribution in [0.15, 0.2) is 15.9 Å². The van der Waals surface area contributed by atoms with Crippen LogP contribution in [0.1, 0.15) is 35.4 Å². The van der Waals surface area contributed by atoms with Crippen molar-refractivity contribution < 1.29 is 4.79 Å². The van der Waals surface area contributed by atoms with Crippen molar-refractivity contribution in [3.05, 3.63) is 20.8 Å². The first kappa shape index (κ1) is 9.85. The molecule has 0 aromatic carbocycles. The highest BCUT2D eigenvalue weighted by molar-refractivity contribution is 9.10. The first-order valence-corrected chi connectivity index (χ1v) is 7.00. The summed E-state index contributed by atoms with van der Waals surface area (Å²) in [6.45, 7) is 0. The van der Waals surface area contributed by atoms with Gasteiger partial charge in [-0.1, -0.05) is 0 Å². The van der Waals surface area contributed by atoms with Gasteiger partial charge in [-0.25, -0.2) is 0 Å². The number of nitrogens with zero attached hydrogens (tertiary/aromatic N) is 1. The Balaban J connectivity index is 1.90. The van der Waals surface area contributed by atoms with Crippen molar-refractivity contribution in [3.8, 4) is 0 Å². The molecule has 1 amide bonds. The molecule has 0 N–H and O–H groups in total. The minimum atomic E-state index is 0.238. The van der Waals surface area contributed by atoms with Crippen LogP contribution >= 0.6 is 27.3 Å². The second-order valence-corrected chi connectivity index (χ2v) is 6.04. The van der Waals surface area contributed by atoms with Gasteiger partial charge in [-0.3, -0.25) is 4.79 Å². The van der Waals surface area contributed by atoms with E-state index < -0.39 is 0 Å². The molecule has 3 rings (SSSR count). The normalized spacial score (nSPS) is 28.7. The zero-order valence-corrected chi connectivity index (χ0v) is 10.7. The number of fused-ring (bicyclic) bond motifs is 2. The molecule has 2 nitrogen and oxygen atoms in total. The van der Waals surface area contributed by atoms with Crippen molar-refractivity contribution in [1.29, 1.82) is 0 Å². The summed E-state index contributed by atoms with van der Waals surface area (Å²) in [6.07, 6.45) is 4.83. The zero-order valence-electron chi connectivity index (χ0n) is 8.28. The van der Waals surface area contributed by atoms with Gasteiger partial charge in [-0.2, -0.15) is 0 Å². The first-order chi connectivity index (χ1) is 7.27. The van der Waals surface area contributed by atoms with E-state index in [0.717, 1.165) is 9.35 Å². The second-order valence-electron chi connectivity index (χ2n) is 4.27. The highest BCUT2D eigenvalue weighted by Crippen LogP contribution is 2.39. The molecule has 4 heteroatoms. The summed E-state index contributed by atoms with van der Waals surface area (Å²) in [4.78, 5) is 15.3. The van der Waals surface area contributed by atoms with E-state index in [0.29, 0.717) is 12.1 Å². The van der Waals surface area contributed by atoms with Crippen LogP contribution in [-0.2, 0) is 0 Å². The lowest BCUT2D eigenvalue weighted by Crippen LogP contribution is -2.34. The lowest BCUT2D eigenvalue weighted by atomic mass is 10.0. The van der Waals surface area contributed by atoms with E-state index in [2.05, 4.69) is 20.8 Å². The fourth-order valence-corrected chi connectivity index (χ4v) is 4.29. The molecule has 0 radical (unpaired) electrons. The third kappa shape index (κ3) is 1.46. The van der Waals surface area contributed by atoms with Crippen molar-refractivity contribution in [2.45, 2.75) is 37.8 Å². The van der Waals surface area contributed by atoms with Crippen molar-refractivity contribution in [1.82, 2.24) is 4.90 Å². The van der Waals surface area contributed by atoms with E-state index in [1.165, 1.54) is 37.0 Å². The molecule has 2 saturated heterocycles. The Bertz CT molecular complexity index is 383. The Kier molecular flexibility index (Phi) is 2.36. The molecule has 0 spiro atoms. The number of hydrogen-bond donors (Lipinski definition) is 0.